The number of nitrogens with zero attached hydrogens (tertiary/aromatic N) is 3. The molecule has 0 bridgehead atoms. The van der Waals surface area contributed by atoms with Gasteiger partial charge in [0.05, 0.1) is 11.6 Å². The van der Waals surface area contributed by atoms with Crippen molar-refractivity contribution in [3.8, 4) is 0 Å². The first-order valence-electron chi connectivity index (χ1n) is 7.04. The summed E-state index contributed by atoms with van der Waals surface area (Å²) in [4.78, 5) is 20.5. The molecule has 6 heteroatoms. The summed E-state index contributed by atoms with van der Waals surface area (Å²) in [7, 11) is 1.85. The number of nitrogen functional groups attached to an aromatic ring is 2. The molecule has 20 heavy (non-hydrogen) atoms. The summed E-state index contributed by atoms with van der Waals surface area (Å²) in [5.41, 5.74) is 11.9. The van der Waals surface area contributed by atoms with Crippen molar-refractivity contribution >= 4 is 23.2 Å². The minimum Gasteiger partial charge on any atom is -0.396 e. The summed E-state index contributed by atoms with van der Waals surface area (Å²) in [6.45, 7) is 4.32. The van der Waals surface area contributed by atoms with Gasteiger partial charge in [0.15, 0.2) is 0 Å². The molecule has 4 N–H and O–H groups in total. The summed E-state index contributed by atoms with van der Waals surface area (Å²) in [6, 6.07) is 3.63. The maximum atomic E-state index is 12.3. The molecule has 110 valence electrons. The van der Waals surface area contributed by atoms with Crippen LogP contribution >= 0.6 is 0 Å². The number of amides is 1. The molecule has 1 aromatic rings. The molecule has 1 saturated heterocycles. The largest absolute Gasteiger partial charge is 0.396 e. The van der Waals surface area contributed by atoms with Crippen molar-refractivity contribution in [2.45, 2.75) is 19.8 Å². The third-order valence-electron chi connectivity index (χ3n) is 3.89. The van der Waals surface area contributed by atoms with Crippen LogP contribution in [0.3, 0.4) is 0 Å². The third-order valence-corrected chi connectivity index (χ3v) is 3.89. The molecule has 1 fully saturated rings. The van der Waals surface area contributed by atoms with Gasteiger partial charge in [-0.25, -0.2) is 4.98 Å². The second kappa shape index (κ2) is 5.98. The quantitative estimate of drug-likeness (QED) is 0.858. The van der Waals surface area contributed by atoms with E-state index in [1.165, 1.54) is 0 Å². The third kappa shape index (κ3) is 2.95. The van der Waals surface area contributed by atoms with Gasteiger partial charge in [0, 0.05) is 26.7 Å². The Bertz CT molecular complexity index is 490. The number of aromatic nitrogens is 1. The molecule has 2 rings (SSSR count). The van der Waals surface area contributed by atoms with E-state index in [1.807, 2.05) is 20.0 Å². The molecule has 1 unspecified atom stereocenters. The first-order chi connectivity index (χ1) is 9.52. The van der Waals surface area contributed by atoms with E-state index in [0.29, 0.717) is 18.1 Å². The van der Waals surface area contributed by atoms with Gasteiger partial charge in [0.25, 0.3) is 0 Å². The smallest absolute Gasteiger partial charge is 0.227 e. The number of hydrogen-bond donors (Lipinski definition) is 2. The van der Waals surface area contributed by atoms with Crippen LogP contribution in [-0.2, 0) is 4.79 Å². The number of rotatable bonds is 3. The van der Waals surface area contributed by atoms with Crippen LogP contribution in [0.2, 0.25) is 0 Å². The lowest BCUT2D eigenvalue weighted by molar-refractivity contribution is -0.134. The second-order valence-corrected chi connectivity index (χ2v) is 5.28. The minimum atomic E-state index is 0.0364. The van der Waals surface area contributed by atoms with Crippen molar-refractivity contribution < 1.29 is 4.79 Å². The van der Waals surface area contributed by atoms with Crippen LogP contribution in [0.5, 0.6) is 0 Å². The van der Waals surface area contributed by atoms with Crippen LogP contribution in [0.4, 0.5) is 17.3 Å². The predicted molar refractivity (Wildman–Crippen MR) is 81.3 cm³/mol. The van der Waals surface area contributed by atoms with E-state index in [-0.39, 0.29) is 11.8 Å². The Kier molecular flexibility index (Phi) is 4.32. The van der Waals surface area contributed by atoms with E-state index in [4.69, 9.17) is 11.5 Å². The zero-order valence-corrected chi connectivity index (χ0v) is 12.2. The molecule has 2 heterocycles. The van der Waals surface area contributed by atoms with Gasteiger partial charge in [-0.2, -0.15) is 0 Å². The Labute approximate surface area is 119 Å². The SMILES string of the molecule is CCN(C)C(=O)C1CCCN(c2ccc(N)c(N)n2)C1. The summed E-state index contributed by atoms with van der Waals surface area (Å²) in [5.74, 6) is 1.39. The van der Waals surface area contributed by atoms with Crippen molar-refractivity contribution in [2.75, 3.05) is 43.0 Å². The summed E-state index contributed by atoms with van der Waals surface area (Å²) < 4.78 is 0. The van der Waals surface area contributed by atoms with Gasteiger partial charge >= 0.3 is 0 Å². The number of hydrogen-bond acceptors (Lipinski definition) is 5. The fourth-order valence-electron chi connectivity index (χ4n) is 2.51. The fourth-order valence-corrected chi connectivity index (χ4v) is 2.51. The maximum Gasteiger partial charge on any atom is 0.227 e. The van der Waals surface area contributed by atoms with Crippen molar-refractivity contribution in [3.63, 3.8) is 0 Å². The summed E-state index contributed by atoms with van der Waals surface area (Å²) in [5, 5.41) is 0. The number of carbonyl (C=O) groups is 1. The zero-order valence-electron chi connectivity index (χ0n) is 12.2. The van der Waals surface area contributed by atoms with Crippen LogP contribution in [0.1, 0.15) is 19.8 Å². The first kappa shape index (κ1) is 14.4. The van der Waals surface area contributed by atoms with Crippen molar-refractivity contribution in [3.05, 3.63) is 12.1 Å². The molecule has 1 aromatic heterocycles. The molecule has 0 saturated carbocycles. The fraction of sp³-hybridized carbons (Fsp3) is 0.571. The van der Waals surface area contributed by atoms with Gasteiger partial charge in [0.1, 0.15) is 11.6 Å². The highest BCUT2D eigenvalue weighted by Crippen LogP contribution is 2.25. The first-order valence-corrected chi connectivity index (χ1v) is 7.04. The number of nitrogens with two attached hydrogens (primary N) is 2. The Morgan fingerprint density at radius 2 is 2.25 bits per heavy atom. The molecular formula is C14H23N5O. The van der Waals surface area contributed by atoms with Gasteiger partial charge in [-0.05, 0) is 31.9 Å². The topological polar surface area (TPSA) is 88.5 Å². The van der Waals surface area contributed by atoms with Crippen LogP contribution < -0.4 is 16.4 Å². The highest BCUT2D eigenvalue weighted by molar-refractivity contribution is 5.79. The second-order valence-electron chi connectivity index (χ2n) is 5.28. The van der Waals surface area contributed by atoms with E-state index in [0.717, 1.165) is 31.7 Å². The Hall–Kier alpha value is -1.98. The van der Waals surface area contributed by atoms with E-state index >= 15 is 0 Å². The number of piperidine rings is 1. The maximum absolute atomic E-state index is 12.3. The van der Waals surface area contributed by atoms with Gasteiger partial charge in [-0.1, -0.05) is 0 Å². The molecule has 1 aliphatic heterocycles. The van der Waals surface area contributed by atoms with Crippen LogP contribution in [-0.4, -0.2) is 42.5 Å². The molecule has 0 aliphatic carbocycles. The summed E-state index contributed by atoms with van der Waals surface area (Å²) >= 11 is 0. The standard InChI is InChI=1S/C14H23N5O/c1-3-18(2)14(20)10-5-4-8-19(9-10)12-7-6-11(15)13(16)17-12/h6-7,10H,3-5,8-9,15H2,1-2H3,(H2,16,17). The Morgan fingerprint density at radius 1 is 1.50 bits per heavy atom. The van der Waals surface area contributed by atoms with Crippen LogP contribution in [0, 0.1) is 5.92 Å². The number of pyridine rings is 1. The van der Waals surface area contributed by atoms with Gasteiger partial charge in [0.2, 0.25) is 5.91 Å². The highest BCUT2D eigenvalue weighted by atomic mass is 16.2. The number of carbonyl (C=O) groups excluding carboxylic acids is 1. The number of anilines is 3. The highest BCUT2D eigenvalue weighted by Gasteiger charge is 2.28. The summed E-state index contributed by atoms with van der Waals surface area (Å²) in [6.07, 6.45) is 1.92. The molecule has 1 aliphatic rings. The van der Waals surface area contributed by atoms with E-state index in [9.17, 15) is 4.79 Å². The lowest BCUT2D eigenvalue weighted by atomic mass is 9.96. The molecule has 1 amide bonds. The van der Waals surface area contributed by atoms with Crippen molar-refractivity contribution in [1.82, 2.24) is 9.88 Å². The monoisotopic (exact) mass is 277 g/mol. The van der Waals surface area contributed by atoms with E-state index < -0.39 is 0 Å². The van der Waals surface area contributed by atoms with Gasteiger partial charge in [-0.3, -0.25) is 4.79 Å². The minimum absolute atomic E-state index is 0.0364. The van der Waals surface area contributed by atoms with E-state index in [1.54, 1.807) is 11.0 Å². The molecule has 6 nitrogen and oxygen atoms in total. The Balaban J connectivity index is 2.10. The van der Waals surface area contributed by atoms with Crippen LogP contribution in [0.25, 0.3) is 0 Å². The van der Waals surface area contributed by atoms with Crippen molar-refractivity contribution in [2.24, 2.45) is 5.92 Å². The molecule has 0 aromatic carbocycles. The van der Waals surface area contributed by atoms with E-state index in [2.05, 4.69) is 9.88 Å². The lowest BCUT2D eigenvalue weighted by Crippen LogP contribution is -2.44. The van der Waals surface area contributed by atoms with Gasteiger partial charge < -0.3 is 21.3 Å². The predicted octanol–water partition coefficient (Wildman–Crippen LogP) is 0.941. The van der Waals surface area contributed by atoms with Gasteiger partial charge in [-0.15, -0.1) is 0 Å². The molecule has 0 spiro atoms. The lowest BCUT2D eigenvalue weighted by Gasteiger charge is -2.34. The van der Waals surface area contributed by atoms with Crippen molar-refractivity contribution in [1.29, 1.82) is 0 Å². The Morgan fingerprint density at radius 3 is 2.90 bits per heavy atom. The normalized spacial score (nSPS) is 18.9. The molecular weight excluding hydrogens is 254 g/mol. The van der Waals surface area contributed by atoms with Crippen LogP contribution in [0.15, 0.2) is 12.1 Å². The zero-order chi connectivity index (χ0) is 14.7. The molecule has 0 radical (unpaired) electrons. The average Bonchev–Trinajstić information content (AvgIpc) is 2.48. The molecule has 1 atom stereocenters. The average molecular weight is 277 g/mol.